The maximum atomic E-state index is 3.71. The van der Waals surface area contributed by atoms with Crippen LogP contribution < -0.4 is 10.2 Å². The molecule has 2 aliphatic rings. The van der Waals surface area contributed by atoms with Crippen molar-refractivity contribution in [2.24, 2.45) is 5.92 Å². The van der Waals surface area contributed by atoms with Gasteiger partial charge in [0.15, 0.2) is 0 Å². The molecule has 1 fully saturated rings. The van der Waals surface area contributed by atoms with Gasteiger partial charge in [-0.3, -0.25) is 0 Å². The predicted molar refractivity (Wildman–Crippen MR) is 81.8 cm³/mol. The molecule has 0 aliphatic carbocycles. The number of hydrogen-bond donors (Lipinski definition) is 1. The summed E-state index contributed by atoms with van der Waals surface area (Å²) in [6.45, 7) is 6.00. The number of para-hydroxylation sites is 1. The summed E-state index contributed by atoms with van der Waals surface area (Å²) in [6.07, 6.45) is 6.59. The highest BCUT2D eigenvalue weighted by Gasteiger charge is 2.22. The van der Waals surface area contributed by atoms with E-state index < -0.39 is 0 Å². The van der Waals surface area contributed by atoms with Crippen LogP contribution >= 0.6 is 0 Å². The molecule has 3 rings (SSSR count). The monoisotopic (exact) mass is 258 g/mol. The van der Waals surface area contributed by atoms with E-state index in [1.807, 2.05) is 0 Å². The maximum absolute atomic E-state index is 3.71. The summed E-state index contributed by atoms with van der Waals surface area (Å²) < 4.78 is 0. The zero-order valence-electron chi connectivity index (χ0n) is 12.1. The molecule has 2 heteroatoms. The standard InChI is InChI=1S/C17H26N2/c1-14-9-10-18-16(12-14)13-19-11-5-4-7-15-6-2-3-8-17(15)19/h2-3,6,8,14,16,18H,4-5,7,9-13H2,1H3. The number of rotatable bonds is 2. The second kappa shape index (κ2) is 5.96. The summed E-state index contributed by atoms with van der Waals surface area (Å²) in [5, 5.41) is 3.71. The van der Waals surface area contributed by atoms with Crippen molar-refractivity contribution in [3.8, 4) is 0 Å². The zero-order valence-corrected chi connectivity index (χ0v) is 12.1. The molecule has 2 unspecified atom stereocenters. The number of benzene rings is 1. The number of nitrogens with one attached hydrogen (secondary N) is 1. The lowest BCUT2D eigenvalue weighted by Crippen LogP contribution is -2.46. The summed E-state index contributed by atoms with van der Waals surface area (Å²) in [4.78, 5) is 2.62. The molecule has 2 atom stereocenters. The molecule has 2 heterocycles. The summed E-state index contributed by atoms with van der Waals surface area (Å²) in [5.41, 5.74) is 3.03. The molecule has 104 valence electrons. The summed E-state index contributed by atoms with van der Waals surface area (Å²) in [5.74, 6) is 0.883. The van der Waals surface area contributed by atoms with Gasteiger partial charge in [0, 0.05) is 24.8 Å². The van der Waals surface area contributed by atoms with E-state index in [1.165, 1.54) is 57.4 Å². The topological polar surface area (TPSA) is 15.3 Å². The Morgan fingerprint density at radius 1 is 1.26 bits per heavy atom. The minimum atomic E-state index is 0.676. The van der Waals surface area contributed by atoms with Gasteiger partial charge in [-0.05, 0) is 56.2 Å². The molecule has 19 heavy (non-hydrogen) atoms. The third-order valence-corrected chi connectivity index (χ3v) is 4.65. The van der Waals surface area contributed by atoms with Crippen LogP contribution in [0.25, 0.3) is 0 Å². The molecule has 1 N–H and O–H groups in total. The Hall–Kier alpha value is -1.02. The fourth-order valence-corrected chi connectivity index (χ4v) is 3.58. The van der Waals surface area contributed by atoms with Crippen LogP contribution in [0, 0.1) is 5.92 Å². The molecule has 0 saturated carbocycles. The van der Waals surface area contributed by atoms with Gasteiger partial charge in [-0.2, -0.15) is 0 Å². The van der Waals surface area contributed by atoms with Crippen LogP contribution in [0.2, 0.25) is 0 Å². The van der Waals surface area contributed by atoms with E-state index in [-0.39, 0.29) is 0 Å². The van der Waals surface area contributed by atoms with Crippen molar-refractivity contribution in [3.05, 3.63) is 29.8 Å². The maximum Gasteiger partial charge on any atom is 0.0399 e. The number of hydrogen-bond acceptors (Lipinski definition) is 2. The smallest absolute Gasteiger partial charge is 0.0399 e. The van der Waals surface area contributed by atoms with Crippen molar-refractivity contribution >= 4 is 5.69 Å². The largest absolute Gasteiger partial charge is 0.370 e. The number of nitrogens with zero attached hydrogens (tertiary/aromatic N) is 1. The molecule has 0 radical (unpaired) electrons. The first-order chi connectivity index (χ1) is 9.33. The molecule has 0 amide bonds. The van der Waals surface area contributed by atoms with E-state index in [2.05, 4.69) is 41.4 Å². The zero-order chi connectivity index (χ0) is 13.1. The highest BCUT2D eigenvalue weighted by Crippen LogP contribution is 2.27. The second-order valence-electron chi connectivity index (χ2n) is 6.31. The first kappa shape index (κ1) is 13.0. The average molecular weight is 258 g/mol. The summed E-state index contributed by atoms with van der Waals surface area (Å²) >= 11 is 0. The fourth-order valence-electron chi connectivity index (χ4n) is 3.58. The van der Waals surface area contributed by atoms with Gasteiger partial charge < -0.3 is 10.2 Å². The highest BCUT2D eigenvalue weighted by atomic mass is 15.2. The van der Waals surface area contributed by atoms with E-state index in [1.54, 1.807) is 5.56 Å². The van der Waals surface area contributed by atoms with E-state index in [0.717, 1.165) is 5.92 Å². The van der Waals surface area contributed by atoms with Gasteiger partial charge in [0.2, 0.25) is 0 Å². The summed E-state index contributed by atoms with van der Waals surface area (Å²) in [6, 6.07) is 9.67. The summed E-state index contributed by atoms with van der Waals surface area (Å²) in [7, 11) is 0. The molecule has 0 spiro atoms. The Bertz CT molecular complexity index is 415. The van der Waals surface area contributed by atoms with Crippen LogP contribution in [-0.2, 0) is 6.42 Å². The van der Waals surface area contributed by atoms with E-state index in [0.29, 0.717) is 6.04 Å². The van der Waals surface area contributed by atoms with Crippen molar-refractivity contribution in [2.75, 3.05) is 24.5 Å². The molecule has 0 aromatic heterocycles. The van der Waals surface area contributed by atoms with Gasteiger partial charge in [0.05, 0.1) is 0 Å². The van der Waals surface area contributed by atoms with Crippen molar-refractivity contribution in [1.82, 2.24) is 5.32 Å². The minimum absolute atomic E-state index is 0.676. The first-order valence-electron chi connectivity index (χ1n) is 7.89. The number of anilines is 1. The van der Waals surface area contributed by atoms with Crippen molar-refractivity contribution < 1.29 is 0 Å². The van der Waals surface area contributed by atoms with Gasteiger partial charge in [-0.15, -0.1) is 0 Å². The molecule has 1 saturated heterocycles. The minimum Gasteiger partial charge on any atom is -0.370 e. The number of piperidine rings is 1. The molecule has 2 aliphatic heterocycles. The van der Waals surface area contributed by atoms with Crippen LogP contribution in [-0.4, -0.2) is 25.7 Å². The first-order valence-corrected chi connectivity index (χ1v) is 7.89. The van der Waals surface area contributed by atoms with Crippen LogP contribution in [0.5, 0.6) is 0 Å². The third-order valence-electron chi connectivity index (χ3n) is 4.65. The van der Waals surface area contributed by atoms with Crippen LogP contribution in [0.4, 0.5) is 5.69 Å². The molecular formula is C17H26N2. The Morgan fingerprint density at radius 2 is 2.16 bits per heavy atom. The lowest BCUT2D eigenvalue weighted by Gasteiger charge is -2.34. The third kappa shape index (κ3) is 3.11. The predicted octanol–water partition coefficient (Wildman–Crippen LogP) is 3.22. The fraction of sp³-hybridized carbons (Fsp3) is 0.647. The van der Waals surface area contributed by atoms with Crippen molar-refractivity contribution in [1.29, 1.82) is 0 Å². The van der Waals surface area contributed by atoms with Gasteiger partial charge in [-0.1, -0.05) is 25.1 Å². The second-order valence-corrected chi connectivity index (χ2v) is 6.31. The number of fused-ring (bicyclic) bond motifs is 1. The normalized spacial score (nSPS) is 27.7. The Balaban J connectivity index is 1.73. The van der Waals surface area contributed by atoms with Crippen molar-refractivity contribution in [3.63, 3.8) is 0 Å². The lowest BCUT2D eigenvalue weighted by molar-refractivity contribution is 0.320. The van der Waals surface area contributed by atoms with Crippen molar-refractivity contribution in [2.45, 2.75) is 45.1 Å². The average Bonchev–Trinajstić information content (AvgIpc) is 2.62. The van der Waals surface area contributed by atoms with Crippen LogP contribution in [0.3, 0.4) is 0 Å². The van der Waals surface area contributed by atoms with Gasteiger partial charge in [-0.25, -0.2) is 0 Å². The van der Waals surface area contributed by atoms with Gasteiger partial charge in [0.25, 0.3) is 0 Å². The number of aryl methyl sites for hydroxylation is 1. The SMILES string of the molecule is CC1CCNC(CN2CCCCc3ccccc32)C1. The Kier molecular flexibility index (Phi) is 4.07. The molecule has 0 bridgehead atoms. The van der Waals surface area contributed by atoms with E-state index in [9.17, 15) is 0 Å². The molecule has 2 nitrogen and oxygen atoms in total. The Morgan fingerprint density at radius 3 is 3.05 bits per heavy atom. The highest BCUT2D eigenvalue weighted by molar-refractivity contribution is 5.54. The molecule has 1 aromatic carbocycles. The van der Waals surface area contributed by atoms with E-state index in [4.69, 9.17) is 0 Å². The Labute approximate surface area is 117 Å². The quantitative estimate of drug-likeness (QED) is 0.876. The van der Waals surface area contributed by atoms with Crippen LogP contribution in [0.1, 0.15) is 38.2 Å². The molecule has 1 aromatic rings. The lowest BCUT2D eigenvalue weighted by atomic mass is 9.94. The van der Waals surface area contributed by atoms with Gasteiger partial charge >= 0.3 is 0 Å². The molecular weight excluding hydrogens is 232 g/mol. The van der Waals surface area contributed by atoms with Gasteiger partial charge in [0.1, 0.15) is 0 Å². The van der Waals surface area contributed by atoms with E-state index >= 15 is 0 Å². The van der Waals surface area contributed by atoms with Crippen LogP contribution in [0.15, 0.2) is 24.3 Å².